The summed E-state index contributed by atoms with van der Waals surface area (Å²) in [6.45, 7) is 0. The van der Waals surface area contributed by atoms with Gasteiger partial charge in [0.1, 0.15) is 17.1 Å². The van der Waals surface area contributed by atoms with E-state index in [2.05, 4.69) is 61.2 Å². The fourth-order valence-electron chi connectivity index (χ4n) is 1.65. The van der Waals surface area contributed by atoms with Gasteiger partial charge in [0.2, 0.25) is 0 Å². The van der Waals surface area contributed by atoms with E-state index in [0.29, 0.717) is 34.6 Å². The van der Waals surface area contributed by atoms with Crippen LogP contribution in [0, 0.1) is 0 Å². The van der Waals surface area contributed by atoms with Crippen LogP contribution < -0.4 is 0 Å². The first-order valence-corrected chi connectivity index (χ1v) is 5.74. The van der Waals surface area contributed by atoms with E-state index in [9.17, 15) is 0 Å². The number of hydrogen-bond donors (Lipinski definition) is 3. The predicted octanol–water partition coefficient (Wildman–Crippen LogP) is -0.773. The minimum absolute atomic E-state index is 0.342. The lowest BCUT2D eigenvalue weighted by Gasteiger charge is -2.01. The van der Waals surface area contributed by atoms with Gasteiger partial charge in [-0.25, -0.2) is 15.0 Å². The SMILES string of the molecule is c1n[nH]nc1-c1nc(-c2cn[nH]n2)nc(-c2cn[nH]n2)n1. The van der Waals surface area contributed by atoms with Gasteiger partial charge in [-0.15, -0.1) is 0 Å². The van der Waals surface area contributed by atoms with Gasteiger partial charge < -0.3 is 0 Å². The maximum atomic E-state index is 4.30. The van der Waals surface area contributed by atoms with E-state index in [1.54, 1.807) is 0 Å². The number of nitrogens with zero attached hydrogens (tertiary/aromatic N) is 9. The van der Waals surface area contributed by atoms with Crippen LogP contribution in [-0.2, 0) is 0 Å². The van der Waals surface area contributed by atoms with E-state index in [4.69, 9.17) is 0 Å². The van der Waals surface area contributed by atoms with Crippen molar-refractivity contribution in [1.82, 2.24) is 61.2 Å². The molecule has 102 valence electrons. The average Bonchev–Trinajstić information content (AvgIpc) is 3.29. The molecule has 4 aromatic rings. The van der Waals surface area contributed by atoms with Crippen molar-refractivity contribution < 1.29 is 0 Å². The summed E-state index contributed by atoms with van der Waals surface area (Å²) in [5, 5.41) is 30.6. The molecule has 0 spiro atoms. The highest BCUT2D eigenvalue weighted by Gasteiger charge is 2.15. The summed E-state index contributed by atoms with van der Waals surface area (Å²) in [6.07, 6.45) is 4.53. The fraction of sp³-hybridized carbons (Fsp3) is 0. The number of hydrogen-bond acceptors (Lipinski definition) is 9. The minimum atomic E-state index is 0.342. The summed E-state index contributed by atoms with van der Waals surface area (Å²) in [6, 6.07) is 0. The lowest BCUT2D eigenvalue weighted by Crippen LogP contribution is -2.00. The van der Waals surface area contributed by atoms with Crippen molar-refractivity contribution in [3.05, 3.63) is 18.6 Å². The first kappa shape index (κ1) is 11.3. The number of aromatic nitrogens is 12. The molecule has 12 heteroatoms. The highest BCUT2D eigenvalue weighted by Crippen LogP contribution is 2.19. The maximum absolute atomic E-state index is 4.30. The van der Waals surface area contributed by atoms with Crippen LogP contribution in [0.1, 0.15) is 0 Å². The molecule has 0 aliphatic heterocycles. The van der Waals surface area contributed by atoms with E-state index in [0.717, 1.165) is 0 Å². The molecule has 0 aliphatic carbocycles. The third-order valence-electron chi connectivity index (χ3n) is 2.57. The lowest BCUT2D eigenvalue weighted by molar-refractivity contribution is 0.925. The summed E-state index contributed by atoms with van der Waals surface area (Å²) >= 11 is 0. The highest BCUT2D eigenvalue weighted by molar-refractivity contribution is 5.59. The first-order valence-electron chi connectivity index (χ1n) is 5.74. The van der Waals surface area contributed by atoms with Crippen molar-refractivity contribution in [3.8, 4) is 34.6 Å². The van der Waals surface area contributed by atoms with Gasteiger partial charge in [0.15, 0.2) is 17.5 Å². The Morgan fingerprint density at radius 2 is 0.857 bits per heavy atom. The normalized spacial score (nSPS) is 10.9. The summed E-state index contributed by atoms with van der Waals surface area (Å²) < 4.78 is 0. The van der Waals surface area contributed by atoms with Gasteiger partial charge in [-0.2, -0.15) is 46.2 Å². The third-order valence-corrected chi connectivity index (χ3v) is 2.57. The molecular weight excluding hydrogens is 276 g/mol. The molecule has 0 unspecified atom stereocenters. The van der Waals surface area contributed by atoms with Crippen LogP contribution in [0.3, 0.4) is 0 Å². The van der Waals surface area contributed by atoms with Gasteiger partial charge in [0.05, 0.1) is 18.6 Å². The molecular formula is C9H6N12. The number of aromatic amines is 3. The van der Waals surface area contributed by atoms with Crippen LogP contribution in [0.5, 0.6) is 0 Å². The number of nitrogens with one attached hydrogen (secondary N) is 3. The van der Waals surface area contributed by atoms with Crippen molar-refractivity contribution in [2.75, 3.05) is 0 Å². The summed E-state index contributed by atoms with van der Waals surface area (Å²) in [5.74, 6) is 1.03. The second-order valence-corrected chi connectivity index (χ2v) is 3.87. The Kier molecular flexibility index (Phi) is 2.42. The Labute approximate surface area is 115 Å². The Balaban J connectivity index is 1.92. The molecule has 0 saturated heterocycles. The molecule has 12 nitrogen and oxygen atoms in total. The molecule has 0 aromatic carbocycles. The summed E-state index contributed by atoms with van der Waals surface area (Å²) in [7, 11) is 0. The van der Waals surface area contributed by atoms with Crippen LogP contribution in [0.15, 0.2) is 18.6 Å². The van der Waals surface area contributed by atoms with Crippen molar-refractivity contribution in [2.24, 2.45) is 0 Å². The van der Waals surface area contributed by atoms with Gasteiger partial charge >= 0.3 is 0 Å². The smallest absolute Gasteiger partial charge is 0.186 e. The molecule has 4 heterocycles. The molecule has 3 N–H and O–H groups in total. The molecule has 0 saturated carbocycles. The fourth-order valence-corrected chi connectivity index (χ4v) is 1.65. The monoisotopic (exact) mass is 282 g/mol. The van der Waals surface area contributed by atoms with Crippen molar-refractivity contribution >= 4 is 0 Å². The highest BCUT2D eigenvalue weighted by atomic mass is 15.3. The number of H-pyrrole nitrogens is 3. The van der Waals surface area contributed by atoms with Crippen LogP contribution >= 0.6 is 0 Å². The zero-order valence-electron chi connectivity index (χ0n) is 10.3. The zero-order valence-corrected chi connectivity index (χ0v) is 10.3. The van der Waals surface area contributed by atoms with E-state index in [1.807, 2.05) is 0 Å². The van der Waals surface area contributed by atoms with E-state index < -0.39 is 0 Å². The van der Waals surface area contributed by atoms with Gasteiger partial charge in [0.25, 0.3) is 0 Å². The standard InChI is InChI=1S/C9H6N12/c1-4(16-19-10-1)7-13-8(5-2-11-20-17-5)15-9(14-7)6-3-12-21-18-6/h1-3H,(H,10,16,19)(H,11,17,20)(H,12,18,21). The average molecular weight is 282 g/mol. The Hall–Kier alpha value is -3.57. The van der Waals surface area contributed by atoms with E-state index in [1.165, 1.54) is 18.6 Å². The van der Waals surface area contributed by atoms with Crippen LogP contribution in [0.25, 0.3) is 34.6 Å². The largest absolute Gasteiger partial charge is 0.205 e. The molecule has 4 rings (SSSR count). The second kappa shape index (κ2) is 4.52. The van der Waals surface area contributed by atoms with Crippen molar-refractivity contribution in [2.45, 2.75) is 0 Å². The Bertz CT molecular complexity index is 704. The van der Waals surface area contributed by atoms with Gasteiger partial charge in [-0.3, -0.25) is 0 Å². The Morgan fingerprint density at radius 1 is 0.524 bits per heavy atom. The van der Waals surface area contributed by atoms with Gasteiger partial charge in [-0.1, -0.05) is 0 Å². The topological polar surface area (TPSA) is 163 Å². The summed E-state index contributed by atoms with van der Waals surface area (Å²) in [5.41, 5.74) is 1.44. The molecule has 0 fully saturated rings. The lowest BCUT2D eigenvalue weighted by atomic mass is 10.3. The molecule has 4 aromatic heterocycles. The Morgan fingerprint density at radius 3 is 1.10 bits per heavy atom. The molecule has 21 heavy (non-hydrogen) atoms. The van der Waals surface area contributed by atoms with Crippen LogP contribution in [-0.4, -0.2) is 61.2 Å². The van der Waals surface area contributed by atoms with Crippen LogP contribution in [0.4, 0.5) is 0 Å². The second-order valence-electron chi connectivity index (χ2n) is 3.87. The van der Waals surface area contributed by atoms with Gasteiger partial charge in [0, 0.05) is 0 Å². The minimum Gasteiger partial charge on any atom is -0.205 e. The molecule has 0 bridgehead atoms. The van der Waals surface area contributed by atoms with Crippen LogP contribution in [0.2, 0.25) is 0 Å². The first-order chi connectivity index (χ1) is 10.4. The van der Waals surface area contributed by atoms with Crippen molar-refractivity contribution in [3.63, 3.8) is 0 Å². The molecule has 0 amide bonds. The molecule has 0 aliphatic rings. The maximum Gasteiger partial charge on any atom is 0.186 e. The van der Waals surface area contributed by atoms with E-state index >= 15 is 0 Å². The molecule has 0 atom stereocenters. The zero-order chi connectivity index (χ0) is 14.1. The van der Waals surface area contributed by atoms with Gasteiger partial charge in [-0.05, 0) is 0 Å². The predicted molar refractivity (Wildman–Crippen MR) is 66.0 cm³/mol. The summed E-state index contributed by atoms with van der Waals surface area (Å²) in [4.78, 5) is 12.9. The molecule has 0 radical (unpaired) electrons. The third kappa shape index (κ3) is 1.99. The van der Waals surface area contributed by atoms with Crippen molar-refractivity contribution in [1.29, 1.82) is 0 Å². The quantitative estimate of drug-likeness (QED) is 0.437. The number of rotatable bonds is 3. The van der Waals surface area contributed by atoms with E-state index in [-0.39, 0.29) is 0 Å².